The normalized spacial score (nSPS) is 13.8. The van der Waals surface area contributed by atoms with Crippen LogP contribution in [0.5, 0.6) is 0 Å². The molecule has 0 aromatic carbocycles. The van der Waals surface area contributed by atoms with Crippen molar-refractivity contribution in [2.45, 2.75) is 143 Å². The van der Waals surface area contributed by atoms with E-state index >= 15 is 0 Å². The molecule has 0 bridgehead atoms. The molecule has 2 atom stereocenters. The van der Waals surface area contributed by atoms with Crippen molar-refractivity contribution in [3.63, 3.8) is 0 Å². The van der Waals surface area contributed by atoms with E-state index in [2.05, 4.69) is 34.6 Å². The molecular formula is C26H50O4. The van der Waals surface area contributed by atoms with Gasteiger partial charge in [-0.1, -0.05) is 79.6 Å². The minimum atomic E-state index is -0.802. The second-order valence-electron chi connectivity index (χ2n) is 10.4. The molecule has 0 radical (unpaired) electrons. The maximum atomic E-state index is 12.2. The number of ether oxygens (including phenoxy) is 1. The standard InChI is InChI=1S/C26H50O4/c1-6-7-8-9-10-11-12-13-16-23(20-19-22(2)21-26(3,4)5)30-25(29)18-15-14-17-24(27)28/h22-23H,6-21H2,1-5H3,(H,27,28). The third-order valence-electron chi connectivity index (χ3n) is 5.64. The minimum Gasteiger partial charge on any atom is -0.481 e. The highest BCUT2D eigenvalue weighted by Gasteiger charge is 2.19. The van der Waals surface area contributed by atoms with E-state index in [-0.39, 0.29) is 18.5 Å². The Morgan fingerprint density at radius 3 is 1.93 bits per heavy atom. The molecule has 0 rings (SSSR count). The van der Waals surface area contributed by atoms with Gasteiger partial charge in [-0.25, -0.2) is 0 Å². The van der Waals surface area contributed by atoms with Crippen molar-refractivity contribution < 1.29 is 19.4 Å². The Morgan fingerprint density at radius 1 is 0.800 bits per heavy atom. The van der Waals surface area contributed by atoms with Crippen LogP contribution in [0.2, 0.25) is 0 Å². The molecule has 0 spiro atoms. The van der Waals surface area contributed by atoms with E-state index in [1.54, 1.807) is 0 Å². The Labute approximate surface area is 186 Å². The number of esters is 1. The quantitative estimate of drug-likeness (QED) is 0.168. The minimum absolute atomic E-state index is 0.0134. The van der Waals surface area contributed by atoms with Gasteiger partial charge in [0.1, 0.15) is 6.10 Å². The number of carboxylic acids is 1. The van der Waals surface area contributed by atoms with Gasteiger partial charge in [-0.05, 0) is 56.3 Å². The lowest BCUT2D eigenvalue weighted by molar-refractivity contribution is -0.150. The van der Waals surface area contributed by atoms with Gasteiger partial charge in [-0.3, -0.25) is 9.59 Å². The molecule has 0 aromatic rings. The summed E-state index contributed by atoms with van der Waals surface area (Å²) in [7, 11) is 0. The Bertz CT molecular complexity index is 439. The summed E-state index contributed by atoms with van der Waals surface area (Å²) in [6.45, 7) is 11.4. The molecule has 178 valence electrons. The van der Waals surface area contributed by atoms with Gasteiger partial charge in [0.25, 0.3) is 0 Å². The van der Waals surface area contributed by atoms with E-state index < -0.39 is 5.97 Å². The second kappa shape index (κ2) is 17.6. The maximum absolute atomic E-state index is 12.2. The molecule has 30 heavy (non-hydrogen) atoms. The highest BCUT2D eigenvalue weighted by Crippen LogP contribution is 2.28. The molecule has 0 aromatic heterocycles. The van der Waals surface area contributed by atoms with Crippen LogP contribution in [0.15, 0.2) is 0 Å². The molecular weight excluding hydrogens is 376 g/mol. The number of carbonyl (C=O) groups excluding carboxylic acids is 1. The largest absolute Gasteiger partial charge is 0.481 e. The number of rotatable bonds is 19. The van der Waals surface area contributed by atoms with Gasteiger partial charge < -0.3 is 9.84 Å². The lowest BCUT2D eigenvalue weighted by atomic mass is 9.83. The van der Waals surface area contributed by atoms with Gasteiger partial charge >= 0.3 is 11.9 Å². The van der Waals surface area contributed by atoms with Crippen LogP contribution in [0.3, 0.4) is 0 Å². The summed E-state index contributed by atoms with van der Waals surface area (Å²) >= 11 is 0. The van der Waals surface area contributed by atoms with Crippen LogP contribution >= 0.6 is 0 Å². The predicted molar refractivity (Wildman–Crippen MR) is 126 cm³/mol. The van der Waals surface area contributed by atoms with E-state index in [4.69, 9.17) is 9.84 Å². The molecule has 0 saturated heterocycles. The second-order valence-corrected chi connectivity index (χ2v) is 10.4. The van der Waals surface area contributed by atoms with E-state index in [0.717, 1.165) is 25.7 Å². The molecule has 0 fully saturated rings. The monoisotopic (exact) mass is 426 g/mol. The molecule has 0 heterocycles. The summed E-state index contributed by atoms with van der Waals surface area (Å²) in [6.07, 6.45) is 16.0. The van der Waals surface area contributed by atoms with Gasteiger partial charge in [0, 0.05) is 12.8 Å². The number of carboxylic acid groups (broad SMARTS) is 1. The average molecular weight is 427 g/mol. The van der Waals surface area contributed by atoms with Crippen LogP contribution in [0.25, 0.3) is 0 Å². The van der Waals surface area contributed by atoms with Crippen LogP contribution in [-0.4, -0.2) is 23.1 Å². The summed E-state index contributed by atoms with van der Waals surface area (Å²) in [4.78, 5) is 22.8. The highest BCUT2D eigenvalue weighted by molar-refractivity contribution is 5.70. The third kappa shape index (κ3) is 20.2. The van der Waals surface area contributed by atoms with E-state index in [9.17, 15) is 9.59 Å². The SMILES string of the molecule is CCCCCCCCCCC(CCC(C)CC(C)(C)C)OC(=O)CCCCC(=O)O. The van der Waals surface area contributed by atoms with Crippen LogP contribution in [0.1, 0.15) is 137 Å². The van der Waals surface area contributed by atoms with Crippen molar-refractivity contribution in [3.8, 4) is 0 Å². The van der Waals surface area contributed by atoms with Crippen molar-refractivity contribution >= 4 is 11.9 Å². The van der Waals surface area contributed by atoms with Crippen molar-refractivity contribution in [3.05, 3.63) is 0 Å². The van der Waals surface area contributed by atoms with Crippen molar-refractivity contribution in [2.24, 2.45) is 11.3 Å². The van der Waals surface area contributed by atoms with Gasteiger partial charge in [-0.15, -0.1) is 0 Å². The van der Waals surface area contributed by atoms with Gasteiger partial charge in [0.2, 0.25) is 0 Å². The van der Waals surface area contributed by atoms with Gasteiger partial charge in [-0.2, -0.15) is 0 Å². The molecule has 0 aliphatic carbocycles. The first-order chi connectivity index (χ1) is 14.1. The van der Waals surface area contributed by atoms with Crippen LogP contribution in [0.4, 0.5) is 0 Å². The van der Waals surface area contributed by atoms with Crippen LogP contribution < -0.4 is 0 Å². The van der Waals surface area contributed by atoms with Gasteiger partial charge in [0.05, 0.1) is 0 Å². The highest BCUT2D eigenvalue weighted by atomic mass is 16.5. The fourth-order valence-electron chi connectivity index (χ4n) is 4.18. The summed E-state index contributed by atoms with van der Waals surface area (Å²) in [5.74, 6) is -0.336. The topological polar surface area (TPSA) is 63.6 Å². The first-order valence-corrected chi connectivity index (χ1v) is 12.5. The lowest BCUT2D eigenvalue weighted by Gasteiger charge is -2.25. The van der Waals surface area contributed by atoms with E-state index in [0.29, 0.717) is 30.6 Å². The summed E-state index contributed by atoms with van der Waals surface area (Å²) < 4.78 is 5.81. The van der Waals surface area contributed by atoms with E-state index in [1.165, 1.54) is 51.4 Å². The van der Waals surface area contributed by atoms with Crippen molar-refractivity contribution in [2.75, 3.05) is 0 Å². The number of hydrogen-bond acceptors (Lipinski definition) is 3. The van der Waals surface area contributed by atoms with Crippen LogP contribution in [-0.2, 0) is 14.3 Å². The smallest absolute Gasteiger partial charge is 0.306 e. The number of hydrogen-bond donors (Lipinski definition) is 1. The first kappa shape index (κ1) is 28.9. The molecule has 0 aliphatic rings. The molecule has 4 nitrogen and oxygen atoms in total. The zero-order valence-electron chi connectivity index (χ0n) is 20.6. The zero-order chi connectivity index (χ0) is 22.8. The Hall–Kier alpha value is -1.06. The summed E-state index contributed by atoms with van der Waals surface area (Å²) in [5.41, 5.74) is 0.327. The number of carbonyl (C=O) groups is 2. The summed E-state index contributed by atoms with van der Waals surface area (Å²) in [6, 6.07) is 0. The molecule has 1 N–H and O–H groups in total. The molecule has 2 unspecified atom stereocenters. The molecule has 0 aliphatic heterocycles. The zero-order valence-corrected chi connectivity index (χ0v) is 20.6. The Balaban J connectivity index is 4.29. The molecule has 0 saturated carbocycles. The summed E-state index contributed by atoms with van der Waals surface area (Å²) in [5, 5.41) is 8.71. The fourth-order valence-corrected chi connectivity index (χ4v) is 4.18. The number of aliphatic carboxylic acids is 1. The van der Waals surface area contributed by atoms with Crippen molar-refractivity contribution in [1.82, 2.24) is 0 Å². The Kier molecular flexibility index (Phi) is 17.0. The molecule has 4 heteroatoms. The lowest BCUT2D eigenvalue weighted by Crippen LogP contribution is -2.20. The third-order valence-corrected chi connectivity index (χ3v) is 5.64. The molecule has 0 amide bonds. The van der Waals surface area contributed by atoms with Crippen LogP contribution in [0, 0.1) is 11.3 Å². The van der Waals surface area contributed by atoms with Crippen molar-refractivity contribution in [1.29, 1.82) is 0 Å². The average Bonchev–Trinajstić information content (AvgIpc) is 2.63. The fraction of sp³-hybridized carbons (Fsp3) is 0.923. The van der Waals surface area contributed by atoms with E-state index in [1.807, 2.05) is 0 Å². The number of unbranched alkanes of at least 4 members (excludes halogenated alkanes) is 8. The first-order valence-electron chi connectivity index (χ1n) is 12.5. The van der Waals surface area contributed by atoms with Gasteiger partial charge in [0.15, 0.2) is 0 Å². The maximum Gasteiger partial charge on any atom is 0.306 e. The predicted octanol–water partition coefficient (Wildman–Crippen LogP) is 7.93. The Morgan fingerprint density at radius 2 is 1.37 bits per heavy atom.